The van der Waals surface area contributed by atoms with Crippen LogP contribution in [-0.4, -0.2) is 18.0 Å². The molecular weight excluding hydrogens is 260 g/mol. The molecule has 0 atom stereocenters. The normalized spacial score (nSPS) is 11.2. The molecule has 2 aromatic carbocycles. The first kappa shape index (κ1) is 11.9. The number of hydrogen-bond donors (Lipinski definition) is 1. The monoisotopic (exact) mass is 272 g/mol. The smallest absolute Gasteiger partial charge is 0.158 e. The third-order valence-corrected chi connectivity index (χ3v) is 3.46. The molecule has 1 aromatic heterocycles. The van der Waals surface area contributed by atoms with E-state index in [1.54, 1.807) is 4.57 Å². The molecule has 0 aliphatic rings. The molecule has 0 aliphatic carbocycles. The van der Waals surface area contributed by atoms with Gasteiger partial charge in [0.1, 0.15) is 11.7 Å². The molecule has 1 heterocycles. The molecular formula is C14H12N2O2S. The Hall–Kier alpha value is -2.14. The molecule has 0 N–H and O–H groups in total. The molecule has 19 heavy (non-hydrogen) atoms. The van der Waals surface area contributed by atoms with E-state index in [-0.39, 0.29) is 5.88 Å². The Morgan fingerprint density at radius 1 is 0.947 bits per heavy atom. The largest absolute Gasteiger partial charge is 0.309 e. The van der Waals surface area contributed by atoms with Crippen molar-refractivity contribution in [3.05, 3.63) is 54.6 Å². The first-order valence-electron chi connectivity index (χ1n) is 5.88. The lowest BCUT2D eigenvalue weighted by Crippen LogP contribution is -2.01. The highest BCUT2D eigenvalue weighted by Gasteiger charge is 2.12. The van der Waals surface area contributed by atoms with Crippen LogP contribution in [0.4, 0.5) is 0 Å². The summed E-state index contributed by atoms with van der Waals surface area (Å²) >= 11 is 0. The molecule has 96 valence electrons. The number of aromatic nitrogens is 2. The van der Waals surface area contributed by atoms with Gasteiger partial charge in [0.15, 0.2) is 10.7 Å². The molecule has 0 unspecified atom stereocenters. The van der Waals surface area contributed by atoms with Crippen molar-refractivity contribution in [2.45, 2.75) is 5.88 Å². The van der Waals surface area contributed by atoms with Crippen molar-refractivity contribution < 1.29 is 8.42 Å². The average Bonchev–Trinajstić information content (AvgIpc) is 2.78. The van der Waals surface area contributed by atoms with Crippen molar-refractivity contribution in [1.82, 2.24) is 9.55 Å². The van der Waals surface area contributed by atoms with Crippen LogP contribution in [0.25, 0.3) is 22.4 Å². The van der Waals surface area contributed by atoms with E-state index in [4.69, 9.17) is 0 Å². The van der Waals surface area contributed by atoms with Gasteiger partial charge in [-0.2, -0.15) is 0 Å². The fourth-order valence-electron chi connectivity index (χ4n) is 2.14. The lowest BCUT2D eigenvalue weighted by Gasteiger charge is -2.04. The maximum absolute atomic E-state index is 11.1. The lowest BCUT2D eigenvalue weighted by molar-refractivity contribution is 0.605. The summed E-state index contributed by atoms with van der Waals surface area (Å²) in [6.07, 6.45) is 0. The number of nitrogens with zero attached hydrogens (tertiary/aromatic N) is 2. The Kier molecular flexibility index (Phi) is 3.05. The van der Waals surface area contributed by atoms with Gasteiger partial charge in [0.25, 0.3) is 0 Å². The second-order valence-electron chi connectivity index (χ2n) is 4.19. The SMILES string of the molecule is O=[SH](=O)Cn1c(-c2ccccc2)nc2ccccc21. The van der Waals surface area contributed by atoms with E-state index in [1.807, 2.05) is 54.6 Å². The minimum Gasteiger partial charge on any atom is -0.309 e. The number of benzene rings is 2. The zero-order valence-electron chi connectivity index (χ0n) is 10.1. The van der Waals surface area contributed by atoms with Crippen LogP contribution in [0.5, 0.6) is 0 Å². The minimum absolute atomic E-state index is 0.0555. The topological polar surface area (TPSA) is 52.0 Å². The van der Waals surface area contributed by atoms with Gasteiger partial charge in [-0.1, -0.05) is 42.5 Å². The Bertz CT molecular complexity index is 784. The van der Waals surface area contributed by atoms with Gasteiger partial charge in [-0.3, -0.25) is 0 Å². The molecule has 0 bridgehead atoms. The van der Waals surface area contributed by atoms with E-state index in [1.165, 1.54) is 0 Å². The number of para-hydroxylation sites is 2. The van der Waals surface area contributed by atoms with Crippen molar-refractivity contribution in [2.75, 3.05) is 0 Å². The number of hydrogen-bond acceptors (Lipinski definition) is 3. The molecule has 3 aromatic rings. The van der Waals surface area contributed by atoms with Crippen LogP contribution in [0.2, 0.25) is 0 Å². The predicted molar refractivity (Wildman–Crippen MR) is 75.5 cm³/mol. The summed E-state index contributed by atoms with van der Waals surface area (Å²) in [4.78, 5) is 4.53. The summed E-state index contributed by atoms with van der Waals surface area (Å²) in [5, 5.41) is 0. The average molecular weight is 272 g/mol. The first-order chi connectivity index (χ1) is 9.25. The van der Waals surface area contributed by atoms with Crippen molar-refractivity contribution in [3.8, 4) is 11.4 Å². The molecule has 0 saturated carbocycles. The molecule has 5 heteroatoms. The van der Waals surface area contributed by atoms with E-state index in [0.717, 1.165) is 16.6 Å². The second kappa shape index (κ2) is 4.85. The Morgan fingerprint density at radius 2 is 1.63 bits per heavy atom. The van der Waals surface area contributed by atoms with E-state index >= 15 is 0 Å². The fraction of sp³-hybridized carbons (Fsp3) is 0.0714. The number of thiol groups is 1. The molecule has 4 nitrogen and oxygen atoms in total. The summed E-state index contributed by atoms with van der Waals surface area (Å²) in [6, 6.07) is 17.1. The molecule has 0 fully saturated rings. The zero-order chi connectivity index (χ0) is 13.2. The van der Waals surface area contributed by atoms with Crippen LogP contribution in [0, 0.1) is 0 Å². The fourth-order valence-corrected chi connectivity index (χ4v) is 2.66. The standard InChI is InChI=1S/C14H12N2O2S/c17-19(18)10-16-13-9-5-4-8-12(13)15-14(16)11-6-2-1-3-7-11/h1-9,19H,10H2. The summed E-state index contributed by atoms with van der Waals surface area (Å²) in [7, 11) is -2.51. The van der Waals surface area contributed by atoms with Crippen LogP contribution in [0.3, 0.4) is 0 Å². The van der Waals surface area contributed by atoms with Crippen LogP contribution in [-0.2, 0) is 16.6 Å². The summed E-state index contributed by atoms with van der Waals surface area (Å²) < 4.78 is 23.9. The molecule has 3 rings (SSSR count). The van der Waals surface area contributed by atoms with Gasteiger partial charge in [-0.05, 0) is 12.1 Å². The highest BCUT2D eigenvalue weighted by molar-refractivity contribution is 7.71. The van der Waals surface area contributed by atoms with E-state index < -0.39 is 10.7 Å². The van der Waals surface area contributed by atoms with Crippen LogP contribution in [0.15, 0.2) is 54.6 Å². The van der Waals surface area contributed by atoms with Crippen LogP contribution >= 0.6 is 0 Å². The van der Waals surface area contributed by atoms with Crippen molar-refractivity contribution in [3.63, 3.8) is 0 Å². The molecule has 0 saturated heterocycles. The zero-order valence-corrected chi connectivity index (χ0v) is 11.0. The summed E-state index contributed by atoms with van der Waals surface area (Å²) in [5.74, 6) is 0.626. The summed E-state index contributed by atoms with van der Waals surface area (Å²) in [5.41, 5.74) is 2.55. The van der Waals surface area contributed by atoms with Crippen LogP contribution in [0.1, 0.15) is 0 Å². The number of rotatable bonds is 3. The Labute approximate surface area is 112 Å². The maximum atomic E-state index is 11.1. The molecule has 0 amide bonds. The molecule has 0 spiro atoms. The number of imidazole rings is 1. The highest BCUT2D eigenvalue weighted by Crippen LogP contribution is 2.24. The van der Waals surface area contributed by atoms with Gasteiger partial charge < -0.3 is 4.57 Å². The predicted octanol–water partition coefficient (Wildman–Crippen LogP) is 2.27. The van der Waals surface area contributed by atoms with E-state index in [9.17, 15) is 8.42 Å². The van der Waals surface area contributed by atoms with Crippen molar-refractivity contribution in [1.29, 1.82) is 0 Å². The third kappa shape index (κ3) is 2.24. The van der Waals surface area contributed by atoms with Gasteiger partial charge in [0, 0.05) is 5.56 Å². The van der Waals surface area contributed by atoms with Gasteiger partial charge in [0.05, 0.1) is 11.0 Å². The van der Waals surface area contributed by atoms with Gasteiger partial charge >= 0.3 is 0 Å². The minimum atomic E-state index is -2.51. The Morgan fingerprint density at radius 3 is 2.37 bits per heavy atom. The highest BCUT2D eigenvalue weighted by atomic mass is 32.2. The third-order valence-electron chi connectivity index (χ3n) is 2.94. The Balaban J connectivity index is 2.28. The first-order valence-corrected chi connectivity index (χ1v) is 7.24. The quantitative estimate of drug-likeness (QED) is 0.744. The molecule has 0 radical (unpaired) electrons. The maximum Gasteiger partial charge on any atom is 0.158 e. The lowest BCUT2D eigenvalue weighted by atomic mass is 10.2. The van der Waals surface area contributed by atoms with Crippen molar-refractivity contribution in [2.24, 2.45) is 0 Å². The summed E-state index contributed by atoms with van der Waals surface area (Å²) in [6.45, 7) is 0. The van der Waals surface area contributed by atoms with Crippen molar-refractivity contribution >= 4 is 21.7 Å². The second-order valence-corrected chi connectivity index (χ2v) is 5.14. The van der Waals surface area contributed by atoms with Gasteiger partial charge in [0.2, 0.25) is 0 Å². The van der Waals surface area contributed by atoms with Gasteiger partial charge in [-0.15, -0.1) is 0 Å². The number of fused-ring (bicyclic) bond motifs is 1. The molecule has 0 aliphatic heterocycles. The van der Waals surface area contributed by atoms with Gasteiger partial charge in [-0.25, -0.2) is 13.4 Å². The van der Waals surface area contributed by atoms with E-state index in [2.05, 4.69) is 4.98 Å². The van der Waals surface area contributed by atoms with Crippen LogP contribution < -0.4 is 0 Å². The van der Waals surface area contributed by atoms with E-state index in [0.29, 0.717) is 5.82 Å².